The molecule has 3 amide bonds. The van der Waals surface area contributed by atoms with Crippen LogP contribution in [0, 0.1) is 0 Å². The van der Waals surface area contributed by atoms with E-state index in [2.05, 4.69) is 5.32 Å². The Morgan fingerprint density at radius 2 is 1.72 bits per heavy atom. The number of imide groups is 1. The van der Waals surface area contributed by atoms with Crippen molar-refractivity contribution < 1.29 is 36.5 Å². The van der Waals surface area contributed by atoms with Crippen molar-refractivity contribution in [3.05, 3.63) is 83.3 Å². The highest BCUT2D eigenvalue weighted by molar-refractivity contribution is 8.18. The summed E-state index contributed by atoms with van der Waals surface area (Å²) in [6.45, 7) is 1.92. The lowest BCUT2D eigenvalue weighted by Gasteiger charge is -2.13. The third-order valence-corrected chi connectivity index (χ3v) is 7.50. The summed E-state index contributed by atoms with van der Waals surface area (Å²) in [4.78, 5) is 38.8. The number of nitrogens with zero attached hydrogens (tertiary/aromatic N) is 1. The number of carbonyl (C=O) groups is 3. The quantitative estimate of drug-likeness (QED) is 0.277. The van der Waals surface area contributed by atoms with Crippen LogP contribution in [0.25, 0.3) is 6.08 Å². The molecule has 10 nitrogen and oxygen atoms in total. The Hall–Kier alpha value is -4.29. The van der Waals surface area contributed by atoms with Crippen molar-refractivity contribution in [1.82, 2.24) is 4.90 Å². The normalized spacial score (nSPS) is 14.4. The molecule has 0 saturated carbocycles. The largest absolute Gasteiger partial charge is 0.494 e. The first-order valence-electron chi connectivity index (χ1n) is 11.7. The summed E-state index contributed by atoms with van der Waals surface area (Å²) in [6, 6.07) is 18.7. The first-order valence-corrected chi connectivity index (χ1v) is 13.9. The molecule has 0 atom stereocenters. The van der Waals surface area contributed by atoms with E-state index in [0.29, 0.717) is 35.4 Å². The van der Waals surface area contributed by atoms with Crippen LogP contribution < -0.4 is 19.0 Å². The number of amides is 3. The van der Waals surface area contributed by atoms with Crippen molar-refractivity contribution in [3.8, 4) is 17.2 Å². The summed E-state index contributed by atoms with van der Waals surface area (Å²) in [5.41, 5.74) is 0.954. The number of rotatable bonds is 10. The highest BCUT2D eigenvalue weighted by atomic mass is 32.2. The maximum absolute atomic E-state index is 12.9. The van der Waals surface area contributed by atoms with Gasteiger partial charge in [0.25, 0.3) is 11.1 Å². The molecule has 3 aromatic rings. The average molecular weight is 569 g/mol. The van der Waals surface area contributed by atoms with Gasteiger partial charge in [-0.2, -0.15) is 8.42 Å². The van der Waals surface area contributed by atoms with Crippen LogP contribution in [-0.4, -0.2) is 50.6 Å². The zero-order chi connectivity index (χ0) is 28.0. The molecule has 0 bridgehead atoms. The number of ether oxygens (including phenoxy) is 2. The van der Waals surface area contributed by atoms with Gasteiger partial charge in [-0.05, 0) is 78.9 Å². The summed E-state index contributed by atoms with van der Waals surface area (Å²) in [7, 11) is -2.75. The number of anilines is 1. The Labute approximate surface area is 229 Å². The van der Waals surface area contributed by atoms with E-state index in [1.807, 2.05) is 6.92 Å². The predicted octanol–water partition coefficient (Wildman–Crippen LogP) is 4.54. The van der Waals surface area contributed by atoms with Crippen molar-refractivity contribution in [2.24, 2.45) is 0 Å². The number of hydrogen-bond donors (Lipinski definition) is 1. The van der Waals surface area contributed by atoms with Gasteiger partial charge in [-0.25, -0.2) is 0 Å². The first kappa shape index (κ1) is 27.7. The van der Waals surface area contributed by atoms with Gasteiger partial charge in [0.1, 0.15) is 17.2 Å². The predicted molar refractivity (Wildman–Crippen MR) is 146 cm³/mol. The van der Waals surface area contributed by atoms with Gasteiger partial charge in [0.15, 0.2) is 11.5 Å². The van der Waals surface area contributed by atoms with Gasteiger partial charge in [-0.15, -0.1) is 0 Å². The van der Waals surface area contributed by atoms with E-state index in [-0.39, 0.29) is 21.3 Å². The van der Waals surface area contributed by atoms with Crippen LogP contribution in [0.15, 0.2) is 82.6 Å². The number of nitrogens with one attached hydrogen (secondary N) is 1. The molecule has 1 fully saturated rings. The molecule has 4 rings (SSSR count). The molecule has 1 N–H and O–H groups in total. The number of thioether (sulfide) groups is 1. The molecule has 0 aliphatic carbocycles. The highest BCUT2D eigenvalue weighted by Gasteiger charge is 2.36. The van der Waals surface area contributed by atoms with Gasteiger partial charge in [-0.3, -0.25) is 19.3 Å². The molecule has 0 unspecified atom stereocenters. The smallest absolute Gasteiger partial charge is 0.339 e. The molecular formula is C27H24N2O8S2. The third kappa shape index (κ3) is 6.78. The summed E-state index contributed by atoms with van der Waals surface area (Å²) in [5.74, 6) is -0.446. The Morgan fingerprint density at radius 1 is 1.00 bits per heavy atom. The zero-order valence-corrected chi connectivity index (χ0v) is 22.6. The highest BCUT2D eigenvalue weighted by Crippen LogP contribution is 2.35. The molecule has 1 aliphatic heterocycles. The molecule has 0 aromatic heterocycles. The Kier molecular flexibility index (Phi) is 8.57. The van der Waals surface area contributed by atoms with Crippen LogP contribution >= 0.6 is 11.8 Å². The lowest BCUT2D eigenvalue weighted by atomic mass is 10.2. The monoisotopic (exact) mass is 568 g/mol. The second-order valence-corrected chi connectivity index (χ2v) is 10.6. The van der Waals surface area contributed by atoms with E-state index in [9.17, 15) is 22.8 Å². The Bertz CT molecular complexity index is 1520. The fourth-order valence-corrected chi connectivity index (χ4v) is 5.33. The topological polar surface area (TPSA) is 128 Å². The van der Waals surface area contributed by atoms with Crippen LogP contribution in [0.4, 0.5) is 10.5 Å². The molecule has 12 heteroatoms. The molecule has 1 saturated heterocycles. The third-order valence-electron chi connectivity index (χ3n) is 5.34. The molecule has 0 radical (unpaired) electrons. The summed E-state index contributed by atoms with van der Waals surface area (Å²) in [6.07, 6.45) is 1.45. The minimum Gasteiger partial charge on any atom is -0.494 e. The van der Waals surface area contributed by atoms with Gasteiger partial charge in [0, 0.05) is 5.69 Å². The van der Waals surface area contributed by atoms with Crippen LogP contribution in [0.5, 0.6) is 17.2 Å². The molecule has 202 valence electrons. The van der Waals surface area contributed by atoms with Gasteiger partial charge >= 0.3 is 10.1 Å². The second kappa shape index (κ2) is 12.0. The van der Waals surface area contributed by atoms with E-state index < -0.39 is 33.7 Å². The van der Waals surface area contributed by atoms with Gasteiger partial charge in [-0.1, -0.05) is 24.3 Å². The van der Waals surface area contributed by atoms with Gasteiger partial charge in [0.2, 0.25) is 5.91 Å². The number of benzene rings is 3. The zero-order valence-electron chi connectivity index (χ0n) is 20.9. The average Bonchev–Trinajstić information content (AvgIpc) is 3.18. The maximum atomic E-state index is 12.9. The molecule has 1 heterocycles. The van der Waals surface area contributed by atoms with Crippen molar-refractivity contribution in [2.75, 3.05) is 25.6 Å². The van der Waals surface area contributed by atoms with Crippen molar-refractivity contribution >= 4 is 50.7 Å². The van der Waals surface area contributed by atoms with E-state index >= 15 is 0 Å². The minimum absolute atomic E-state index is 0.0173. The van der Waals surface area contributed by atoms with Crippen molar-refractivity contribution in [2.45, 2.75) is 11.8 Å². The van der Waals surface area contributed by atoms with E-state index in [1.165, 1.54) is 43.5 Å². The van der Waals surface area contributed by atoms with Crippen LogP contribution in [-0.2, 0) is 19.7 Å². The molecular weight excluding hydrogens is 544 g/mol. The van der Waals surface area contributed by atoms with Crippen LogP contribution in [0.3, 0.4) is 0 Å². The van der Waals surface area contributed by atoms with Crippen LogP contribution in [0.2, 0.25) is 0 Å². The fraction of sp³-hybridized carbons (Fsp3) is 0.148. The lowest BCUT2D eigenvalue weighted by molar-refractivity contribution is -0.127. The Morgan fingerprint density at radius 3 is 2.38 bits per heavy atom. The van der Waals surface area contributed by atoms with E-state index in [0.717, 1.165) is 4.90 Å². The fourth-order valence-electron chi connectivity index (χ4n) is 3.53. The number of methoxy groups -OCH3 is 1. The van der Waals surface area contributed by atoms with Crippen LogP contribution in [0.1, 0.15) is 12.5 Å². The van der Waals surface area contributed by atoms with Crippen molar-refractivity contribution in [3.63, 3.8) is 0 Å². The molecule has 0 spiro atoms. The second-order valence-electron chi connectivity index (χ2n) is 8.03. The first-order chi connectivity index (χ1) is 18.7. The Balaban J connectivity index is 1.44. The SMILES string of the molecule is CCOc1ccc(NC(=O)CN2C(=O)S/C(=C\c3ccc(OS(=O)(=O)c4ccccc4)c(OC)c3)C2=O)cc1. The summed E-state index contributed by atoms with van der Waals surface area (Å²) in [5, 5.41) is 2.06. The van der Waals surface area contributed by atoms with Gasteiger partial charge < -0.3 is 19.0 Å². The molecule has 3 aromatic carbocycles. The number of carbonyl (C=O) groups excluding carboxylic acids is 3. The van der Waals surface area contributed by atoms with E-state index in [4.69, 9.17) is 13.7 Å². The lowest BCUT2D eigenvalue weighted by Crippen LogP contribution is -2.36. The molecule has 1 aliphatic rings. The van der Waals surface area contributed by atoms with E-state index in [1.54, 1.807) is 42.5 Å². The maximum Gasteiger partial charge on any atom is 0.339 e. The van der Waals surface area contributed by atoms with Gasteiger partial charge in [0.05, 0.1) is 18.6 Å². The van der Waals surface area contributed by atoms with Crippen molar-refractivity contribution in [1.29, 1.82) is 0 Å². The summed E-state index contributed by atoms with van der Waals surface area (Å²) >= 11 is 0.691. The standard InChI is InChI=1S/C27H24N2O8S2/c1-3-36-20-12-10-19(11-13-20)28-25(30)17-29-26(31)24(38-27(29)32)16-18-9-14-22(23(15-18)35-2)37-39(33,34)21-7-5-4-6-8-21/h4-16H,3,17H2,1-2H3,(H,28,30)/b24-16-. The minimum atomic E-state index is -4.09. The molecule has 39 heavy (non-hydrogen) atoms. The number of hydrogen-bond acceptors (Lipinski definition) is 9. The summed E-state index contributed by atoms with van der Waals surface area (Å²) < 4.78 is 41.0.